The first-order chi connectivity index (χ1) is 14.9. The second-order valence-electron chi connectivity index (χ2n) is 6.51. The Bertz CT molecular complexity index is 1080. The highest BCUT2D eigenvalue weighted by molar-refractivity contribution is 9.10. The van der Waals surface area contributed by atoms with Crippen LogP contribution in [0, 0.1) is 6.92 Å². The van der Waals surface area contributed by atoms with Crippen LogP contribution in [0.1, 0.15) is 22.6 Å². The number of benzene rings is 2. The lowest BCUT2D eigenvalue weighted by atomic mass is 10.2. The molecule has 0 unspecified atom stereocenters. The molecular weight excluding hydrogens is 466 g/mol. The minimum atomic E-state index is -0.788. The van der Waals surface area contributed by atoms with Gasteiger partial charge in [-0.2, -0.15) is 4.68 Å². The number of amides is 3. The van der Waals surface area contributed by atoms with E-state index in [9.17, 15) is 14.4 Å². The number of nitrogens with one attached hydrogen (secondary N) is 3. The number of aromatic nitrogens is 4. The number of hydrogen-bond donors (Lipinski definition) is 3. The normalized spacial score (nSPS) is 10.4. The molecule has 0 atom stereocenters. The van der Waals surface area contributed by atoms with Gasteiger partial charge in [-0.1, -0.05) is 22.0 Å². The molecule has 1 heterocycles. The highest BCUT2D eigenvalue weighted by Gasteiger charge is 2.14. The van der Waals surface area contributed by atoms with Gasteiger partial charge >= 0.3 is 11.8 Å². The van der Waals surface area contributed by atoms with Crippen molar-refractivity contribution in [3.63, 3.8) is 0 Å². The number of hydrogen-bond acceptors (Lipinski definition) is 6. The van der Waals surface area contributed by atoms with Crippen molar-refractivity contribution in [2.75, 3.05) is 18.4 Å². The Morgan fingerprint density at radius 1 is 1.00 bits per heavy atom. The molecule has 3 aromatic rings. The molecule has 1 aromatic heterocycles. The van der Waals surface area contributed by atoms with Gasteiger partial charge in [-0.3, -0.25) is 14.4 Å². The zero-order valence-corrected chi connectivity index (χ0v) is 18.2. The van der Waals surface area contributed by atoms with Gasteiger partial charge in [0.15, 0.2) is 5.82 Å². The summed E-state index contributed by atoms with van der Waals surface area (Å²) in [6.07, 6.45) is 0.481. The van der Waals surface area contributed by atoms with E-state index in [-0.39, 0.29) is 12.5 Å². The van der Waals surface area contributed by atoms with Crippen molar-refractivity contribution in [1.82, 2.24) is 30.8 Å². The number of halogens is 1. The molecule has 0 aliphatic heterocycles. The van der Waals surface area contributed by atoms with E-state index < -0.39 is 11.8 Å². The predicted molar refractivity (Wildman–Crippen MR) is 117 cm³/mol. The highest BCUT2D eigenvalue weighted by atomic mass is 79.9. The second-order valence-corrected chi connectivity index (χ2v) is 7.43. The number of aryl methyl sites for hydroxylation is 1. The molecule has 11 heteroatoms. The van der Waals surface area contributed by atoms with Crippen LogP contribution in [0.25, 0.3) is 5.69 Å². The molecule has 2 aromatic carbocycles. The lowest BCUT2D eigenvalue weighted by Crippen LogP contribution is -2.37. The molecule has 0 saturated heterocycles. The lowest BCUT2D eigenvalue weighted by Gasteiger charge is -2.09. The fourth-order valence-electron chi connectivity index (χ4n) is 2.65. The van der Waals surface area contributed by atoms with Crippen LogP contribution in [-0.4, -0.2) is 51.0 Å². The maximum absolute atomic E-state index is 12.1. The highest BCUT2D eigenvalue weighted by Crippen LogP contribution is 2.14. The first-order valence-electron chi connectivity index (χ1n) is 9.42. The molecule has 3 N–H and O–H groups in total. The van der Waals surface area contributed by atoms with Gasteiger partial charge in [-0.05, 0) is 66.2 Å². The average Bonchev–Trinajstić information content (AvgIpc) is 3.19. The third kappa shape index (κ3) is 6.19. The average molecular weight is 486 g/mol. The molecular formula is C20H20BrN7O3. The van der Waals surface area contributed by atoms with E-state index in [1.54, 1.807) is 55.5 Å². The van der Waals surface area contributed by atoms with Crippen molar-refractivity contribution in [1.29, 1.82) is 0 Å². The summed E-state index contributed by atoms with van der Waals surface area (Å²) < 4.78 is 2.40. The maximum Gasteiger partial charge on any atom is 0.313 e. The van der Waals surface area contributed by atoms with Gasteiger partial charge in [0, 0.05) is 28.8 Å². The SMILES string of the molecule is Cc1nnnn1-c1cccc(NC(=O)C(=O)NCCCNC(=O)c2ccc(Br)cc2)c1. The molecule has 0 saturated carbocycles. The lowest BCUT2D eigenvalue weighted by molar-refractivity contribution is -0.136. The molecule has 10 nitrogen and oxygen atoms in total. The van der Waals surface area contributed by atoms with Crippen LogP contribution in [0.5, 0.6) is 0 Å². The third-order valence-corrected chi connectivity index (χ3v) is 4.74. The van der Waals surface area contributed by atoms with E-state index in [4.69, 9.17) is 0 Å². The Labute approximate surface area is 186 Å². The smallest absolute Gasteiger partial charge is 0.313 e. The Hall–Kier alpha value is -3.60. The van der Waals surface area contributed by atoms with E-state index in [2.05, 4.69) is 47.4 Å². The van der Waals surface area contributed by atoms with Crippen molar-refractivity contribution >= 4 is 39.3 Å². The summed E-state index contributed by atoms with van der Waals surface area (Å²) in [5.41, 5.74) is 1.64. The van der Waals surface area contributed by atoms with E-state index in [0.717, 1.165) is 4.47 Å². The minimum Gasteiger partial charge on any atom is -0.352 e. The molecule has 0 bridgehead atoms. The van der Waals surface area contributed by atoms with Gasteiger partial charge < -0.3 is 16.0 Å². The molecule has 3 amide bonds. The molecule has 0 fully saturated rings. The summed E-state index contributed by atoms with van der Waals surface area (Å²) in [6.45, 7) is 2.36. The zero-order valence-electron chi connectivity index (χ0n) is 16.6. The standard InChI is InChI=1S/C20H20BrN7O3/c1-13-25-26-27-28(13)17-5-2-4-16(12-17)24-20(31)19(30)23-11-3-10-22-18(29)14-6-8-15(21)9-7-14/h2,4-9,12H,3,10-11H2,1H3,(H,22,29)(H,23,30)(H,24,31). The topological polar surface area (TPSA) is 131 Å². The Kier molecular flexibility index (Phi) is 7.44. The molecule has 160 valence electrons. The van der Waals surface area contributed by atoms with E-state index in [1.165, 1.54) is 4.68 Å². The first-order valence-corrected chi connectivity index (χ1v) is 10.2. The number of carbonyl (C=O) groups excluding carboxylic acids is 3. The van der Waals surface area contributed by atoms with Gasteiger partial charge in [0.1, 0.15) is 0 Å². The van der Waals surface area contributed by atoms with Crippen LogP contribution < -0.4 is 16.0 Å². The molecule has 31 heavy (non-hydrogen) atoms. The van der Waals surface area contributed by atoms with Crippen LogP contribution in [-0.2, 0) is 9.59 Å². The van der Waals surface area contributed by atoms with Gasteiger partial charge in [0.05, 0.1) is 5.69 Å². The third-order valence-electron chi connectivity index (χ3n) is 4.21. The van der Waals surface area contributed by atoms with Crippen molar-refractivity contribution in [2.24, 2.45) is 0 Å². The van der Waals surface area contributed by atoms with Crippen LogP contribution in [0.3, 0.4) is 0 Å². The number of anilines is 1. The number of rotatable bonds is 7. The van der Waals surface area contributed by atoms with Gasteiger partial charge in [0.25, 0.3) is 5.91 Å². The van der Waals surface area contributed by atoms with E-state index in [1.807, 2.05) is 0 Å². The van der Waals surface area contributed by atoms with Gasteiger partial charge in [-0.15, -0.1) is 5.10 Å². The van der Waals surface area contributed by atoms with Crippen molar-refractivity contribution in [2.45, 2.75) is 13.3 Å². The Balaban J connectivity index is 1.41. The summed E-state index contributed by atoms with van der Waals surface area (Å²) in [4.78, 5) is 36.1. The summed E-state index contributed by atoms with van der Waals surface area (Å²) >= 11 is 3.32. The summed E-state index contributed by atoms with van der Waals surface area (Å²) in [5, 5.41) is 19.1. The van der Waals surface area contributed by atoms with Crippen molar-refractivity contribution in [3.8, 4) is 5.69 Å². The monoisotopic (exact) mass is 485 g/mol. The Morgan fingerprint density at radius 3 is 2.45 bits per heavy atom. The second kappa shape index (κ2) is 10.4. The number of nitrogens with zero attached hydrogens (tertiary/aromatic N) is 4. The molecule has 0 aliphatic rings. The van der Waals surface area contributed by atoms with E-state index in [0.29, 0.717) is 35.7 Å². The first kappa shape index (κ1) is 22.1. The van der Waals surface area contributed by atoms with Crippen molar-refractivity contribution in [3.05, 3.63) is 64.4 Å². The fourth-order valence-corrected chi connectivity index (χ4v) is 2.91. The fraction of sp³-hybridized carbons (Fsp3) is 0.200. The predicted octanol–water partition coefficient (Wildman–Crippen LogP) is 1.61. The quantitative estimate of drug-likeness (QED) is 0.344. The van der Waals surface area contributed by atoms with E-state index >= 15 is 0 Å². The van der Waals surface area contributed by atoms with Crippen LogP contribution in [0.15, 0.2) is 53.0 Å². The van der Waals surface area contributed by atoms with Crippen molar-refractivity contribution < 1.29 is 14.4 Å². The number of carbonyl (C=O) groups is 3. The zero-order chi connectivity index (χ0) is 22.2. The molecule has 3 rings (SSSR count). The minimum absolute atomic E-state index is 0.200. The summed E-state index contributed by atoms with van der Waals surface area (Å²) in [7, 11) is 0. The summed E-state index contributed by atoms with van der Waals surface area (Å²) in [5.74, 6) is -1.16. The molecule has 0 spiro atoms. The maximum atomic E-state index is 12.1. The largest absolute Gasteiger partial charge is 0.352 e. The Morgan fingerprint density at radius 2 is 1.74 bits per heavy atom. The van der Waals surface area contributed by atoms with Crippen LogP contribution in [0.4, 0.5) is 5.69 Å². The number of tetrazole rings is 1. The summed E-state index contributed by atoms with van der Waals surface area (Å²) in [6, 6.07) is 13.8. The van der Waals surface area contributed by atoms with Crippen LogP contribution in [0.2, 0.25) is 0 Å². The van der Waals surface area contributed by atoms with Gasteiger partial charge in [-0.25, -0.2) is 0 Å². The van der Waals surface area contributed by atoms with Gasteiger partial charge in [0.2, 0.25) is 0 Å². The van der Waals surface area contributed by atoms with Crippen LogP contribution >= 0.6 is 15.9 Å². The molecule has 0 radical (unpaired) electrons. The molecule has 0 aliphatic carbocycles.